The molecular weight excluding hydrogens is 346 g/mol. The molecule has 0 unspecified atom stereocenters. The zero-order valence-corrected chi connectivity index (χ0v) is 15.6. The van der Waals surface area contributed by atoms with E-state index in [4.69, 9.17) is 14.2 Å². The first-order valence-electron chi connectivity index (χ1n) is 8.52. The van der Waals surface area contributed by atoms with Crippen LogP contribution in [0.15, 0.2) is 54.6 Å². The third kappa shape index (κ3) is 6.86. The van der Waals surface area contributed by atoms with Crippen LogP contribution in [0, 0.1) is 0 Å². The SMILES string of the molecule is COc1cc(/C=C/C(=O)OCC(=O)Nc2ccccc2)ccc1OC(C)C. The first kappa shape index (κ1) is 20.0. The number of anilines is 1. The minimum absolute atomic E-state index is 0.0253. The van der Waals surface area contributed by atoms with Gasteiger partial charge in [0.05, 0.1) is 13.2 Å². The largest absolute Gasteiger partial charge is 0.493 e. The monoisotopic (exact) mass is 369 g/mol. The van der Waals surface area contributed by atoms with Gasteiger partial charge in [0.2, 0.25) is 0 Å². The maximum atomic E-state index is 11.8. The third-order valence-electron chi connectivity index (χ3n) is 3.37. The molecule has 0 aromatic heterocycles. The second-order valence-electron chi connectivity index (χ2n) is 5.93. The maximum Gasteiger partial charge on any atom is 0.331 e. The number of methoxy groups -OCH3 is 1. The Bertz CT molecular complexity index is 799. The van der Waals surface area contributed by atoms with E-state index >= 15 is 0 Å². The van der Waals surface area contributed by atoms with Crippen molar-refractivity contribution in [2.75, 3.05) is 19.0 Å². The number of para-hydroxylation sites is 1. The van der Waals surface area contributed by atoms with Crippen LogP contribution in [-0.4, -0.2) is 31.7 Å². The summed E-state index contributed by atoms with van der Waals surface area (Å²) in [6, 6.07) is 14.3. The zero-order valence-electron chi connectivity index (χ0n) is 15.6. The number of nitrogens with one attached hydrogen (secondary N) is 1. The molecule has 142 valence electrons. The molecule has 2 rings (SSSR count). The second kappa shape index (κ2) is 10.0. The summed E-state index contributed by atoms with van der Waals surface area (Å²) >= 11 is 0. The predicted molar refractivity (Wildman–Crippen MR) is 104 cm³/mol. The smallest absolute Gasteiger partial charge is 0.331 e. The van der Waals surface area contributed by atoms with E-state index in [1.165, 1.54) is 6.08 Å². The molecule has 1 N–H and O–H groups in total. The van der Waals surface area contributed by atoms with E-state index in [1.807, 2.05) is 19.9 Å². The number of benzene rings is 2. The van der Waals surface area contributed by atoms with Crippen LogP contribution in [0.4, 0.5) is 5.69 Å². The Balaban J connectivity index is 1.87. The van der Waals surface area contributed by atoms with Crippen LogP contribution in [0.5, 0.6) is 11.5 Å². The molecule has 0 atom stereocenters. The number of hydrogen-bond donors (Lipinski definition) is 1. The first-order chi connectivity index (χ1) is 13.0. The van der Waals surface area contributed by atoms with Gasteiger partial charge in [-0.1, -0.05) is 24.3 Å². The number of carbonyl (C=O) groups excluding carboxylic acids is 2. The number of esters is 1. The van der Waals surface area contributed by atoms with Gasteiger partial charge in [0.1, 0.15) is 0 Å². The lowest BCUT2D eigenvalue weighted by Crippen LogP contribution is -2.20. The number of amides is 1. The van der Waals surface area contributed by atoms with E-state index in [9.17, 15) is 9.59 Å². The van der Waals surface area contributed by atoms with E-state index in [1.54, 1.807) is 55.7 Å². The first-order valence-corrected chi connectivity index (χ1v) is 8.52. The molecular formula is C21H23NO5. The summed E-state index contributed by atoms with van der Waals surface area (Å²) in [5, 5.41) is 2.64. The average molecular weight is 369 g/mol. The molecule has 0 aliphatic heterocycles. The number of ether oxygens (including phenoxy) is 3. The molecule has 0 saturated carbocycles. The minimum atomic E-state index is -0.611. The molecule has 0 saturated heterocycles. The van der Waals surface area contributed by atoms with Gasteiger partial charge < -0.3 is 19.5 Å². The summed E-state index contributed by atoms with van der Waals surface area (Å²) in [5.74, 6) is 0.186. The maximum absolute atomic E-state index is 11.8. The summed E-state index contributed by atoms with van der Waals surface area (Å²) < 4.78 is 15.9. The van der Waals surface area contributed by atoms with Gasteiger partial charge in [-0.25, -0.2) is 4.79 Å². The van der Waals surface area contributed by atoms with Crippen LogP contribution in [0.3, 0.4) is 0 Å². The lowest BCUT2D eigenvalue weighted by atomic mass is 10.2. The summed E-state index contributed by atoms with van der Waals surface area (Å²) in [4.78, 5) is 23.6. The van der Waals surface area contributed by atoms with Crippen LogP contribution < -0.4 is 14.8 Å². The topological polar surface area (TPSA) is 73.9 Å². The van der Waals surface area contributed by atoms with Gasteiger partial charge in [-0.15, -0.1) is 0 Å². The van der Waals surface area contributed by atoms with Gasteiger partial charge in [-0.05, 0) is 49.8 Å². The fourth-order valence-corrected chi connectivity index (χ4v) is 2.21. The molecule has 0 radical (unpaired) electrons. The van der Waals surface area contributed by atoms with Crippen LogP contribution in [0.2, 0.25) is 0 Å². The number of hydrogen-bond acceptors (Lipinski definition) is 5. The highest BCUT2D eigenvalue weighted by Crippen LogP contribution is 2.29. The fraction of sp³-hybridized carbons (Fsp3) is 0.238. The van der Waals surface area contributed by atoms with E-state index in [0.29, 0.717) is 17.2 Å². The molecule has 2 aromatic carbocycles. The van der Waals surface area contributed by atoms with Crippen LogP contribution in [-0.2, 0) is 14.3 Å². The molecule has 1 amide bonds. The van der Waals surface area contributed by atoms with Crippen molar-refractivity contribution in [3.05, 3.63) is 60.2 Å². The summed E-state index contributed by atoms with van der Waals surface area (Å²) in [6.45, 7) is 3.50. The highest BCUT2D eigenvalue weighted by Gasteiger charge is 2.08. The molecule has 6 nitrogen and oxygen atoms in total. The summed E-state index contributed by atoms with van der Waals surface area (Å²) in [6.07, 6.45) is 2.87. The standard InChI is InChI=1S/C21H23NO5/c1-15(2)27-18-11-9-16(13-19(18)25-3)10-12-21(24)26-14-20(23)22-17-7-5-4-6-8-17/h4-13,15H,14H2,1-3H3,(H,22,23)/b12-10+. The minimum Gasteiger partial charge on any atom is -0.493 e. The molecule has 0 aliphatic carbocycles. The normalized spacial score (nSPS) is 10.7. The predicted octanol–water partition coefficient (Wildman–Crippen LogP) is 3.68. The highest BCUT2D eigenvalue weighted by molar-refractivity contribution is 5.94. The zero-order chi connectivity index (χ0) is 19.6. The van der Waals surface area contributed by atoms with E-state index in [-0.39, 0.29) is 12.7 Å². The Hall–Kier alpha value is -3.28. The van der Waals surface area contributed by atoms with Crippen molar-refractivity contribution in [2.45, 2.75) is 20.0 Å². The highest BCUT2D eigenvalue weighted by atomic mass is 16.5. The van der Waals surface area contributed by atoms with Crippen LogP contribution in [0.25, 0.3) is 6.08 Å². The fourth-order valence-electron chi connectivity index (χ4n) is 2.21. The van der Waals surface area contributed by atoms with Crippen LogP contribution in [0.1, 0.15) is 19.4 Å². The van der Waals surface area contributed by atoms with Gasteiger partial charge in [0.15, 0.2) is 18.1 Å². The Morgan fingerprint density at radius 1 is 1.07 bits per heavy atom. The molecule has 0 heterocycles. The van der Waals surface area contributed by atoms with E-state index in [0.717, 1.165) is 5.56 Å². The Morgan fingerprint density at radius 2 is 1.81 bits per heavy atom. The molecule has 6 heteroatoms. The van der Waals surface area contributed by atoms with Gasteiger partial charge in [-0.2, -0.15) is 0 Å². The van der Waals surface area contributed by atoms with Gasteiger partial charge in [-0.3, -0.25) is 4.79 Å². The van der Waals surface area contributed by atoms with Gasteiger partial charge in [0.25, 0.3) is 5.91 Å². The average Bonchev–Trinajstić information content (AvgIpc) is 2.66. The third-order valence-corrected chi connectivity index (χ3v) is 3.37. The van der Waals surface area contributed by atoms with E-state index < -0.39 is 11.9 Å². The summed E-state index contributed by atoms with van der Waals surface area (Å²) in [7, 11) is 1.55. The second-order valence-corrected chi connectivity index (χ2v) is 5.93. The summed E-state index contributed by atoms with van der Waals surface area (Å²) in [5.41, 5.74) is 1.39. The molecule has 27 heavy (non-hydrogen) atoms. The van der Waals surface area contributed by atoms with Crippen molar-refractivity contribution in [1.29, 1.82) is 0 Å². The molecule has 0 aliphatic rings. The lowest BCUT2D eigenvalue weighted by molar-refractivity contribution is -0.142. The van der Waals surface area contributed by atoms with Crippen molar-refractivity contribution >= 4 is 23.6 Å². The number of rotatable bonds is 8. The Labute approximate surface area is 158 Å². The molecule has 0 spiro atoms. The van der Waals surface area contributed by atoms with Crippen molar-refractivity contribution in [2.24, 2.45) is 0 Å². The molecule has 0 fully saturated rings. The number of carbonyl (C=O) groups is 2. The molecule has 2 aromatic rings. The lowest BCUT2D eigenvalue weighted by Gasteiger charge is -2.13. The Morgan fingerprint density at radius 3 is 2.48 bits per heavy atom. The van der Waals surface area contributed by atoms with Crippen molar-refractivity contribution < 1.29 is 23.8 Å². The molecule has 0 bridgehead atoms. The van der Waals surface area contributed by atoms with Crippen LogP contribution >= 0.6 is 0 Å². The van der Waals surface area contributed by atoms with Crippen molar-refractivity contribution in [1.82, 2.24) is 0 Å². The van der Waals surface area contributed by atoms with Crippen molar-refractivity contribution in [3.8, 4) is 11.5 Å². The van der Waals surface area contributed by atoms with E-state index in [2.05, 4.69) is 5.32 Å². The quantitative estimate of drug-likeness (QED) is 0.568. The van der Waals surface area contributed by atoms with Gasteiger partial charge in [0, 0.05) is 11.8 Å². The Kier molecular flexibility index (Phi) is 7.43. The van der Waals surface area contributed by atoms with Gasteiger partial charge >= 0.3 is 5.97 Å². The van der Waals surface area contributed by atoms with Crippen molar-refractivity contribution in [3.63, 3.8) is 0 Å².